The van der Waals surface area contributed by atoms with Gasteiger partial charge in [0.2, 0.25) is 5.89 Å². The fourth-order valence-corrected chi connectivity index (χ4v) is 3.10. The molecule has 0 bridgehead atoms. The quantitative estimate of drug-likeness (QED) is 0.404. The van der Waals surface area contributed by atoms with Crippen LogP contribution in [0.1, 0.15) is 17.1 Å². The van der Waals surface area contributed by atoms with Crippen LogP contribution in [0.5, 0.6) is 5.75 Å². The fraction of sp³-hybridized carbons (Fsp3) is 0.150. The number of aryl methyl sites for hydroxylation is 1. The number of halogens is 1. The van der Waals surface area contributed by atoms with Gasteiger partial charge in [0.05, 0.1) is 5.69 Å². The van der Waals surface area contributed by atoms with Crippen LogP contribution >= 0.6 is 11.8 Å². The molecule has 28 heavy (non-hydrogen) atoms. The zero-order valence-electron chi connectivity index (χ0n) is 15.0. The number of nitrogens with zero attached hydrogens (tertiary/aromatic N) is 3. The molecule has 0 aliphatic carbocycles. The molecule has 4 aromatic rings. The minimum Gasteiger partial charge on any atom is -0.484 e. The maximum absolute atomic E-state index is 13.0. The van der Waals surface area contributed by atoms with Gasteiger partial charge in [0.15, 0.2) is 6.61 Å². The SMILES string of the molecule is Cc1cccc(OCc2nnc(SCc3coc(-c4ccc(F)cc4)n3)o2)c1. The Morgan fingerprint density at radius 3 is 2.79 bits per heavy atom. The smallest absolute Gasteiger partial charge is 0.277 e. The predicted molar refractivity (Wildman–Crippen MR) is 101 cm³/mol. The van der Waals surface area contributed by atoms with Crippen LogP contribution in [0.15, 0.2) is 68.9 Å². The maximum atomic E-state index is 13.0. The van der Waals surface area contributed by atoms with E-state index in [-0.39, 0.29) is 12.4 Å². The maximum Gasteiger partial charge on any atom is 0.277 e. The molecular weight excluding hydrogens is 381 g/mol. The average Bonchev–Trinajstić information content (AvgIpc) is 3.35. The van der Waals surface area contributed by atoms with E-state index < -0.39 is 0 Å². The van der Waals surface area contributed by atoms with E-state index in [0.717, 1.165) is 17.0 Å². The molecule has 0 aliphatic rings. The van der Waals surface area contributed by atoms with Crippen LogP contribution in [0.4, 0.5) is 4.39 Å². The number of thioether (sulfide) groups is 1. The van der Waals surface area contributed by atoms with E-state index in [0.29, 0.717) is 28.3 Å². The van der Waals surface area contributed by atoms with E-state index >= 15 is 0 Å². The lowest BCUT2D eigenvalue weighted by molar-refractivity contribution is 0.252. The summed E-state index contributed by atoms with van der Waals surface area (Å²) in [7, 11) is 0. The first-order valence-corrected chi connectivity index (χ1v) is 9.49. The van der Waals surface area contributed by atoms with Crippen LogP contribution in [0.3, 0.4) is 0 Å². The standard InChI is InChI=1S/C20H16FN3O3S/c1-13-3-2-4-17(9-13)25-11-18-23-24-20(27-18)28-12-16-10-26-19(22-16)14-5-7-15(21)8-6-14/h2-10H,11-12H2,1H3. The summed E-state index contributed by atoms with van der Waals surface area (Å²) >= 11 is 1.35. The van der Waals surface area contributed by atoms with Crippen LogP contribution in [-0.2, 0) is 12.4 Å². The van der Waals surface area contributed by atoms with Crippen molar-refractivity contribution in [2.24, 2.45) is 0 Å². The molecule has 0 saturated heterocycles. The van der Waals surface area contributed by atoms with Crippen LogP contribution in [0.2, 0.25) is 0 Å². The van der Waals surface area contributed by atoms with Crippen LogP contribution < -0.4 is 4.74 Å². The van der Waals surface area contributed by atoms with E-state index in [1.165, 1.54) is 23.9 Å². The van der Waals surface area contributed by atoms with Crippen molar-refractivity contribution in [2.45, 2.75) is 24.5 Å². The number of benzene rings is 2. The molecule has 0 aliphatic heterocycles. The monoisotopic (exact) mass is 397 g/mol. The highest BCUT2D eigenvalue weighted by Gasteiger charge is 2.11. The number of hydrogen-bond donors (Lipinski definition) is 0. The molecule has 0 saturated carbocycles. The van der Waals surface area contributed by atoms with Crippen molar-refractivity contribution in [3.63, 3.8) is 0 Å². The molecule has 6 nitrogen and oxygen atoms in total. The first-order valence-electron chi connectivity index (χ1n) is 8.51. The third kappa shape index (κ3) is 4.58. The van der Waals surface area contributed by atoms with Gasteiger partial charge in [-0.05, 0) is 48.9 Å². The molecule has 0 spiro atoms. The number of aromatic nitrogens is 3. The molecule has 2 heterocycles. The Hall–Kier alpha value is -3.13. The lowest BCUT2D eigenvalue weighted by Gasteiger charge is -2.03. The largest absolute Gasteiger partial charge is 0.484 e. The van der Waals surface area contributed by atoms with E-state index in [1.807, 2.05) is 31.2 Å². The first kappa shape index (κ1) is 18.2. The zero-order chi connectivity index (χ0) is 19.3. The Labute approximate surface area is 164 Å². The lowest BCUT2D eigenvalue weighted by atomic mass is 10.2. The van der Waals surface area contributed by atoms with Gasteiger partial charge in [-0.1, -0.05) is 23.9 Å². The molecular formula is C20H16FN3O3S. The Balaban J connectivity index is 1.31. The van der Waals surface area contributed by atoms with Crippen molar-refractivity contribution in [1.29, 1.82) is 0 Å². The van der Waals surface area contributed by atoms with E-state index in [2.05, 4.69) is 15.2 Å². The third-order valence-electron chi connectivity index (χ3n) is 3.79. The molecule has 142 valence electrons. The van der Waals surface area contributed by atoms with Crippen LogP contribution in [0.25, 0.3) is 11.5 Å². The summed E-state index contributed by atoms with van der Waals surface area (Å²) in [6.07, 6.45) is 1.56. The van der Waals surface area contributed by atoms with Crippen molar-refractivity contribution in [2.75, 3.05) is 0 Å². The van der Waals surface area contributed by atoms with Crippen molar-refractivity contribution >= 4 is 11.8 Å². The number of oxazole rings is 1. The van der Waals surface area contributed by atoms with Crippen LogP contribution in [0, 0.1) is 12.7 Å². The topological polar surface area (TPSA) is 74.2 Å². The highest BCUT2D eigenvalue weighted by Crippen LogP contribution is 2.25. The summed E-state index contributed by atoms with van der Waals surface area (Å²) in [5.41, 5.74) is 2.55. The Morgan fingerprint density at radius 1 is 1.11 bits per heavy atom. The molecule has 4 rings (SSSR count). The molecule has 0 atom stereocenters. The van der Waals surface area contributed by atoms with Crippen molar-refractivity contribution in [3.05, 3.63) is 77.8 Å². The highest BCUT2D eigenvalue weighted by molar-refractivity contribution is 7.98. The van der Waals surface area contributed by atoms with Gasteiger partial charge in [0.1, 0.15) is 17.8 Å². The lowest BCUT2D eigenvalue weighted by Crippen LogP contribution is -1.95. The molecule has 2 aromatic carbocycles. The Kier molecular flexibility index (Phi) is 5.38. The third-order valence-corrected chi connectivity index (χ3v) is 4.64. The van der Waals surface area contributed by atoms with Gasteiger partial charge in [-0.3, -0.25) is 0 Å². The minimum absolute atomic E-state index is 0.204. The van der Waals surface area contributed by atoms with Gasteiger partial charge >= 0.3 is 0 Å². The highest BCUT2D eigenvalue weighted by atomic mass is 32.2. The Bertz CT molecular complexity index is 1060. The molecule has 2 aromatic heterocycles. The minimum atomic E-state index is -0.301. The normalized spacial score (nSPS) is 10.9. The molecule has 8 heteroatoms. The Morgan fingerprint density at radius 2 is 1.96 bits per heavy atom. The van der Waals surface area contributed by atoms with Crippen molar-refractivity contribution in [1.82, 2.24) is 15.2 Å². The van der Waals surface area contributed by atoms with Gasteiger partial charge < -0.3 is 13.6 Å². The number of rotatable bonds is 7. The molecule has 0 amide bonds. The second-order valence-electron chi connectivity index (χ2n) is 6.01. The fourth-order valence-electron chi connectivity index (χ4n) is 2.44. The molecule has 0 radical (unpaired) electrons. The summed E-state index contributed by atoms with van der Waals surface area (Å²) in [5.74, 6) is 1.79. The van der Waals surface area contributed by atoms with Crippen molar-refractivity contribution in [3.8, 4) is 17.2 Å². The van der Waals surface area contributed by atoms with E-state index in [1.54, 1.807) is 18.4 Å². The average molecular weight is 397 g/mol. The first-order chi connectivity index (χ1) is 13.7. The predicted octanol–water partition coefficient (Wildman–Crippen LogP) is 5.04. The van der Waals surface area contributed by atoms with E-state index in [4.69, 9.17) is 13.6 Å². The summed E-state index contributed by atoms with van der Waals surface area (Å²) in [6, 6.07) is 13.7. The zero-order valence-corrected chi connectivity index (χ0v) is 15.8. The van der Waals surface area contributed by atoms with Crippen molar-refractivity contribution < 1.29 is 18.0 Å². The summed E-state index contributed by atoms with van der Waals surface area (Å²) in [5, 5.41) is 8.41. The van der Waals surface area contributed by atoms with E-state index in [9.17, 15) is 4.39 Å². The summed E-state index contributed by atoms with van der Waals surface area (Å²) < 4.78 is 29.7. The molecule has 0 fully saturated rings. The second-order valence-corrected chi connectivity index (χ2v) is 6.93. The van der Waals surface area contributed by atoms with Gasteiger partial charge in [0.25, 0.3) is 11.1 Å². The van der Waals surface area contributed by atoms with Gasteiger partial charge in [-0.15, -0.1) is 10.2 Å². The number of ether oxygens (including phenoxy) is 1. The second kappa shape index (κ2) is 8.26. The van der Waals surface area contributed by atoms with Crippen LogP contribution in [-0.4, -0.2) is 15.2 Å². The molecule has 0 N–H and O–H groups in total. The van der Waals surface area contributed by atoms with Gasteiger partial charge in [-0.25, -0.2) is 9.37 Å². The van der Waals surface area contributed by atoms with Gasteiger partial charge in [-0.2, -0.15) is 0 Å². The summed E-state index contributed by atoms with van der Waals surface area (Å²) in [6.45, 7) is 2.20. The number of hydrogen-bond acceptors (Lipinski definition) is 7. The van der Waals surface area contributed by atoms with Gasteiger partial charge in [0, 0.05) is 11.3 Å². The summed E-state index contributed by atoms with van der Waals surface area (Å²) in [4.78, 5) is 4.39. The molecule has 0 unspecified atom stereocenters.